The molecule has 1 aromatic heterocycles. The minimum Gasteiger partial charge on any atom is -0.357 e. The first-order valence-corrected chi connectivity index (χ1v) is 10.4. The number of hydrogen-bond donors (Lipinski definition) is 2. The molecule has 30 heavy (non-hydrogen) atoms. The zero-order valence-corrected chi connectivity index (χ0v) is 19.8. The molecule has 1 aliphatic carbocycles. The van der Waals surface area contributed by atoms with Crippen LogP contribution in [0.25, 0.3) is 0 Å². The molecule has 0 saturated heterocycles. The summed E-state index contributed by atoms with van der Waals surface area (Å²) in [5.41, 5.74) is 4.16. The van der Waals surface area contributed by atoms with E-state index in [-0.39, 0.29) is 29.4 Å². The molecule has 2 N–H and O–H groups in total. The number of guanidine groups is 1. The Morgan fingerprint density at radius 1 is 1.07 bits per heavy atom. The molecule has 0 radical (unpaired) electrons. The number of rotatable bonds is 8. The van der Waals surface area contributed by atoms with Gasteiger partial charge in [-0.1, -0.05) is 54.6 Å². The van der Waals surface area contributed by atoms with Crippen molar-refractivity contribution in [1.82, 2.24) is 20.2 Å². The van der Waals surface area contributed by atoms with E-state index in [1.807, 2.05) is 18.7 Å². The fraction of sp³-hybridized carbons (Fsp3) is 0.333. The third-order valence-electron chi connectivity index (χ3n) is 5.51. The van der Waals surface area contributed by atoms with E-state index in [9.17, 15) is 0 Å². The van der Waals surface area contributed by atoms with Gasteiger partial charge < -0.3 is 15.2 Å². The average molecular weight is 515 g/mol. The van der Waals surface area contributed by atoms with Crippen LogP contribution in [0, 0.1) is 0 Å². The summed E-state index contributed by atoms with van der Waals surface area (Å²) in [7, 11) is 0. The van der Waals surface area contributed by atoms with Crippen molar-refractivity contribution < 1.29 is 0 Å². The van der Waals surface area contributed by atoms with Crippen LogP contribution in [0.15, 0.2) is 78.3 Å². The molecule has 0 unspecified atom stereocenters. The number of benzene rings is 2. The van der Waals surface area contributed by atoms with Gasteiger partial charge in [-0.05, 0) is 36.5 Å². The largest absolute Gasteiger partial charge is 0.357 e. The number of nitrogens with zero attached hydrogens (tertiary/aromatic N) is 3. The van der Waals surface area contributed by atoms with Crippen molar-refractivity contribution in [2.75, 3.05) is 13.1 Å². The van der Waals surface area contributed by atoms with Crippen LogP contribution in [0.5, 0.6) is 0 Å². The van der Waals surface area contributed by atoms with E-state index in [2.05, 4.69) is 81.7 Å². The predicted molar refractivity (Wildman–Crippen MR) is 133 cm³/mol. The first-order valence-electron chi connectivity index (χ1n) is 10.4. The van der Waals surface area contributed by atoms with Gasteiger partial charge in [0.15, 0.2) is 5.96 Å². The van der Waals surface area contributed by atoms with Gasteiger partial charge in [-0.3, -0.25) is 0 Å². The Morgan fingerprint density at radius 2 is 1.87 bits per heavy atom. The minimum atomic E-state index is 0. The lowest BCUT2D eigenvalue weighted by Crippen LogP contribution is -2.41. The van der Waals surface area contributed by atoms with Crippen molar-refractivity contribution in [2.45, 2.75) is 38.3 Å². The average Bonchev–Trinajstić information content (AvgIpc) is 3.38. The molecular formula is C24H30IN5. The Labute approximate surface area is 196 Å². The van der Waals surface area contributed by atoms with Gasteiger partial charge in [0.2, 0.25) is 0 Å². The molecule has 0 aliphatic heterocycles. The molecule has 1 saturated carbocycles. The minimum absolute atomic E-state index is 0. The Bertz CT molecular complexity index is 933. The molecule has 0 amide bonds. The summed E-state index contributed by atoms with van der Waals surface area (Å²) in [6, 6.07) is 19.4. The van der Waals surface area contributed by atoms with Crippen LogP contribution in [0.2, 0.25) is 0 Å². The lowest BCUT2D eigenvalue weighted by Gasteiger charge is -2.19. The number of hydrogen-bond acceptors (Lipinski definition) is 2. The number of aliphatic imine (C=N–C) groups is 1. The van der Waals surface area contributed by atoms with Crippen LogP contribution in [0.3, 0.4) is 0 Å². The summed E-state index contributed by atoms with van der Waals surface area (Å²) in [6.07, 6.45) is 8.11. The highest BCUT2D eigenvalue weighted by Crippen LogP contribution is 2.47. The molecule has 3 aromatic rings. The van der Waals surface area contributed by atoms with Gasteiger partial charge >= 0.3 is 0 Å². The Morgan fingerprint density at radius 3 is 2.57 bits per heavy atom. The fourth-order valence-corrected chi connectivity index (χ4v) is 3.69. The predicted octanol–water partition coefficient (Wildman–Crippen LogP) is 4.34. The fourth-order valence-electron chi connectivity index (χ4n) is 3.69. The second-order valence-corrected chi connectivity index (χ2v) is 7.75. The zero-order valence-electron chi connectivity index (χ0n) is 17.4. The maximum Gasteiger partial charge on any atom is 0.191 e. The first-order chi connectivity index (χ1) is 14.3. The van der Waals surface area contributed by atoms with Crippen LogP contribution >= 0.6 is 24.0 Å². The van der Waals surface area contributed by atoms with Gasteiger partial charge in [-0.2, -0.15) is 0 Å². The van der Waals surface area contributed by atoms with Gasteiger partial charge in [0.05, 0.1) is 12.9 Å². The summed E-state index contributed by atoms with van der Waals surface area (Å²) in [4.78, 5) is 8.93. The van der Waals surface area contributed by atoms with Crippen LogP contribution in [0.4, 0.5) is 0 Å². The van der Waals surface area contributed by atoms with E-state index in [1.54, 1.807) is 0 Å². The normalized spacial score (nSPS) is 14.6. The maximum absolute atomic E-state index is 4.82. The molecular weight excluding hydrogens is 485 g/mol. The smallest absolute Gasteiger partial charge is 0.191 e. The lowest BCUT2D eigenvalue weighted by molar-refractivity contribution is 0.646. The molecule has 5 nitrogen and oxygen atoms in total. The SMILES string of the molecule is CCNC(=NCc1cccc(Cn2ccnc2)c1)NCC1(c2ccccc2)CC1.I. The highest BCUT2D eigenvalue weighted by molar-refractivity contribution is 14.0. The summed E-state index contributed by atoms with van der Waals surface area (Å²) < 4.78 is 2.08. The Kier molecular flexibility index (Phi) is 7.90. The van der Waals surface area contributed by atoms with E-state index in [0.717, 1.165) is 25.6 Å². The highest BCUT2D eigenvalue weighted by Gasteiger charge is 2.43. The van der Waals surface area contributed by atoms with E-state index in [0.29, 0.717) is 6.54 Å². The molecule has 1 heterocycles. The molecule has 6 heteroatoms. The summed E-state index contributed by atoms with van der Waals surface area (Å²) >= 11 is 0. The molecule has 158 valence electrons. The van der Waals surface area contributed by atoms with Gasteiger partial charge in [-0.15, -0.1) is 24.0 Å². The van der Waals surface area contributed by atoms with Gasteiger partial charge in [0.25, 0.3) is 0 Å². The molecule has 1 aliphatic rings. The first kappa shape index (κ1) is 22.3. The Hall–Kier alpha value is -2.35. The van der Waals surface area contributed by atoms with Crippen molar-refractivity contribution in [3.05, 3.63) is 90.0 Å². The standard InChI is InChI=1S/C24H29N5.HI/c1-2-26-23(28-18-24(11-12-24)22-9-4-3-5-10-22)27-16-20-7-6-8-21(15-20)17-29-14-13-25-19-29;/h3-10,13-15,19H,2,11-12,16-18H2,1H3,(H2,26,27,28);1H. The van der Waals surface area contributed by atoms with E-state index in [4.69, 9.17) is 4.99 Å². The van der Waals surface area contributed by atoms with Gasteiger partial charge in [0, 0.05) is 37.4 Å². The number of halogens is 1. The second kappa shape index (κ2) is 10.6. The van der Waals surface area contributed by atoms with E-state index < -0.39 is 0 Å². The molecule has 4 rings (SSSR count). The number of aromatic nitrogens is 2. The summed E-state index contributed by atoms with van der Waals surface area (Å²) in [5, 5.41) is 6.95. The molecule has 0 spiro atoms. The summed E-state index contributed by atoms with van der Waals surface area (Å²) in [5.74, 6) is 0.884. The van der Waals surface area contributed by atoms with Crippen LogP contribution in [0.1, 0.15) is 36.5 Å². The second-order valence-electron chi connectivity index (χ2n) is 7.75. The maximum atomic E-state index is 4.82. The van der Waals surface area contributed by atoms with Gasteiger partial charge in [0.1, 0.15) is 0 Å². The quantitative estimate of drug-likeness (QED) is 0.267. The molecule has 0 atom stereocenters. The lowest BCUT2D eigenvalue weighted by atomic mass is 9.96. The van der Waals surface area contributed by atoms with Gasteiger partial charge in [-0.25, -0.2) is 9.98 Å². The van der Waals surface area contributed by atoms with E-state index >= 15 is 0 Å². The zero-order chi connectivity index (χ0) is 19.9. The molecule has 0 bridgehead atoms. The van der Waals surface area contributed by atoms with Crippen molar-refractivity contribution in [3.8, 4) is 0 Å². The number of nitrogens with one attached hydrogen (secondary N) is 2. The number of imidazole rings is 1. The van der Waals surface area contributed by atoms with Crippen LogP contribution in [-0.4, -0.2) is 28.6 Å². The Balaban J connectivity index is 0.00000256. The molecule has 2 aromatic carbocycles. The van der Waals surface area contributed by atoms with Crippen molar-refractivity contribution in [2.24, 2.45) is 4.99 Å². The third kappa shape index (κ3) is 5.84. The molecule has 1 fully saturated rings. The van der Waals surface area contributed by atoms with Crippen molar-refractivity contribution in [1.29, 1.82) is 0 Å². The monoisotopic (exact) mass is 515 g/mol. The van der Waals surface area contributed by atoms with Crippen LogP contribution < -0.4 is 10.6 Å². The summed E-state index contributed by atoms with van der Waals surface area (Å²) in [6.45, 7) is 5.36. The van der Waals surface area contributed by atoms with Crippen molar-refractivity contribution >= 4 is 29.9 Å². The van der Waals surface area contributed by atoms with Crippen LogP contribution in [-0.2, 0) is 18.5 Å². The van der Waals surface area contributed by atoms with Crippen molar-refractivity contribution in [3.63, 3.8) is 0 Å². The van der Waals surface area contributed by atoms with E-state index in [1.165, 1.54) is 29.5 Å². The topological polar surface area (TPSA) is 54.2 Å². The highest BCUT2D eigenvalue weighted by atomic mass is 127. The third-order valence-corrected chi connectivity index (χ3v) is 5.51.